The van der Waals surface area contributed by atoms with Gasteiger partial charge in [-0.2, -0.15) is 5.10 Å². The number of ether oxygens (including phenoxy) is 1. The number of aromatic nitrogens is 2. The van der Waals surface area contributed by atoms with Crippen molar-refractivity contribution in [1.82, 2.24) is 10.2 Å². The molecule has 2 aromatic rings. The largest absolute Gasteiger partial charge is 0.372 e. The molecule has 7 heteroatoms. The van der Waals surface area contributed by atoms with Crippen molar-refractivity contribution in [3.05, 3.63) is 36.7 Å². The van der Waals surface area contributed by atoms with Crippen LogP contribution in [0.5, 0.6) is 0 Å². The number of carbonyl (C=O) groups is 1. The van der Waals surface area contributed by atoms with Gasteiger partial charge in [-0.05, 0) is 38.1 Å². The van der Waals surface area contributed by atoms with Gasteiger partial charge in [0.1, 0.15) is 0 Å². The van der Waals surface area contributed by atoms with Gasteiger partial charge in [-0.3, -0.25) is 5.10 Å². The number of H-pyrrole nitrogens is 1. The first-order chi connectivity index (χ1) is 11.1. The highest BCUT2D eigenvalue weighted by Crippen LogP contribution is 2.22. The van der Waals surface area contributed by atoms with Crippen molar-refractivity contribution in [1.29, 1.82) is 0 Å². The van der Waals surface area contributed by atoms with Gasteiger partial charge < -0.3 is 20.3 Å². The molecule has 23 heavy (non-hydrogen) atoms. The number of amides is 2. The Kier molecular flexibility index (Phi) is 4.47. The molecule has 1 fully saturated rings. The van der Waals surface area contributed by atoms with Gasteiger partial charge in [0.15, 0.2) is 0 Å². The summed E-state index contributed by atoms with van der Waals surface area (Å²) in [5.41, 5.74) is 2.49. The lowest BCUT2D eigenvalue weighted by Gasteiger charge is -2.36. The second kappa shape index (κ2) is 6.70. The van der Waals surface area contributed by atoms with E-state index in [0.29, 0.717) is 5.69 Å². The summed E-state index contributed by atoms with van der Waals surface area (Å²) in [6, 6.07) is 7.52. The third kappa shape index (κ3) is 4.01. The standard InChI is InChI=1S/C16H21N5O2/c1-11-9-21(10-12(2)23-11)15-5-3-13(4-6-15)19-16(22)20-14-7-17-18-8-14/h3-8,11-12H,9-10H2,1-2H3,(H,17,18)(H2,19,20,22)/t11-,12-/m1/s1. The molecule has 0 radical (unpaired) electrons. The van der Waals surface area contributed by atoms with E-state index in [9.17, 15) is 4.79 Å². The first-order valence-corrected chi connectivity index (χ1v) is 7.67. The van der Waals surface area contributed by atoms with Crippen molar-refractivity contribution in [3.63, 3.8) is 0 Å². The molecule has 1 aliphatic heterocycles. The van der Waals surface area contributed by atoms with Crippen LogP contribution in [-0.2, 0) is 4.74 Å². The van der Waals surface area contributed by atoms with Gasteiger partial charge >= 0.3 is 6.03 Å². The number of morpholine rings is 1. The summed E-state index contributed by atoms with van der Waals surface area (Å²) < 4.78 is 5.75. The highest BCUT2D eigenvalue weighted by molar-refractivity contribution is 5.99. The summed E-state index contributed by atoms with van der Waals surface area (Å²) in [7, 11) is 0. The van der Waals surface area contributed by atoms with Crippen molar-refractivity contribution < 1.29 is 9.53 Å². The van der Waals surface area contributed by atoms with Crippen LogP contribution < -0.4 is 15.5 Å². The Morgan fingerprint density at radius 3 is 2.43 bits per heavy atom. The van der Waals surface area contributed by atoms with Gasteiger partial charge in [-0.15, -0.1) is 0 Å². The predicted octanol–water partition coefficient (Wildman–Crippen LogP) is 2.67. The number of nitrogens with zero attached hydrogens (tertiary/aromatic N) is 2. The molecular weight excluding hydrogens is 294 g/mol. The highest BCUT2D eigenvalue weighted by Gasteiger charge is 2.22. The van der Waals surface area contributed by atoms with Crippen molar-refractivity contribution in [2.75, 3.05) is 28.6 Å². The summed E-state index contributed by atoms with van der Waals surface area (Å²) in [5, 5.41) is 11.9. The van der Waals surface area contributed by atoms with Gasteiger partial charge in [0.05, 0.1) is 24.1 Å². The molecule has 2 atom stereocenters. The maximum Gasteiger partial charge on any atom is 0.323 e. The number of benzene rings is 1. The molecule has 122 valence electrons. The van der Waals surface area contributed by atoms with E-state index in [4.69, 9.17) is 4.74 Å². The summed E-state index contributed by atoms with van der Waals surface area (Å²) in [5.74, 6) is 0. The molecular formula is C16H21N5O2. The number of nitrogens with one attached hydrogen (secondary N) is 3. The zero-order valence-corrected chi connectivity index (χ0v) is 13.2. The number of anilines is 3. The molecule has 0 spiro atoms. The van der Waals surface area contributed by atoms with Crippen LogP contribution in [0.4, 0.5) is 21.9 Å². The fourth-order valence-electron chi connectivity index (χ4n) is 2.76. The topological polar surface area (TPSA) is 82.3 Å². The van der Waals surface area contributed by atoms with Crippen LogP contribution in [-0.4, -0.2) is 41.5 Å². The zero-order valence-electron chi connectivity index (χ0n) is 13.2. The first kappa shape index (κ1) is 15.4. The van der Waals surface area contributed by atoms with Crippen LogP contribution in [0.1, 0.15) is 13.8 Å². The van der Waals surface area contributed by atoms with Gasteiger partial charge in [-0.1, -0.05) is 0 Å². The van der Waals surface area contributed by atoms with E-state index in [2.05, 4.69) is 39.6 Å². The monoisotopic (exact) mass is 315 g/mol. The second-order valence-corrected chi connectivity index (χ2v) is 5.78. The van der Waals surface area contributed by atoms with E-state index >= 15 is 0 Å². The molecule has 3 N–H and O–H groups in total. The molecule has 0 unspecified atom stereocenters. The SMILES string of the molecule is C[C@@H]1CN(c2ccc(NC(=O)Nc3cn[nH]c3)cc2)C[C@@H](C)O1. The smallest absolute Gasteiger partial charge is 0.323 e. The molecule has 0 saturated carbocycles. The molecule has 1 aromatic carbocycles. The van der Waals surface area contributed by atoms with E-state index < -0.39 is 0 Å². The maximum absolute atomic E-state index is 11.9. The Hall–Kier alpha value is -2.54. The zero-order chi connectivity index (χ0) is 16.2. The van der Waals surface area contributed by atoms with E-state index in [1.807, 2.05) is 24.3 Å². The first-order valence-electron chi connectivity index (χ1n) is 7.67. The van der Waals surface area contributed by atoms with Crippen LogP contribution in [0.3, 0.4) is 0 Å². The average molecular weight is 315 g/mol. The minimum atomic E-state index is -0.298. The predicted molar refractivity (Wildman–Crippen MR) is 89.9 cm³/mol. The van der Waals surface area contributed by atoms with Gasteiger partial charge in [0.25, 0.3) is 0 Å². The molecule has 0 aliphatic carbocycles. The van der Waals surface area contributed by atoms with E-state index in [1.54, 1.807) is 12.4 Å². The summed E-state index contributed by atoms with van der Waals surface area (Å²) in [6.45, 7) is 5.91. The lowest BCUT2D eigenvalue weighted by Crippen LogP contribution is -2.45. The summed E-state index contributed by atoms with van der Waals surface area (Å²) in [6.07, 6.45) is 3.60. The molecule has 1 saturated heterocycles. The Morgan fingerprint density at radius 2 is 1.83 bits per heavy atom. The minimum absolute atomic E-state index is 0.220. The third-order valence-electron chi connectivity index (χ3n) is 3.67. The van der Waals surface area contributed by atoms with Crippen LogP contribution in [0.25, 0.3) is 0 Å². The number of urea groups is 1. The molecule has 3 rings (SSSR count). The minimum Gasteiger partial charge on any atom is -0.372 e. The van der Waals surface area contributed by atoms with Crippen molar-refractivity contribution in [3.8, 4) is 0 Å². The summed E-state index contributed by atoms with van der Waals surface area (Å²) >= 11 is 0. The van der Waals surface area contributed by atoms with Gasteiger partial charge in [0.2, 0.25) is 0 Å². The van der Waals surface area contributed by atoms with Crippen molar-refractivity contribution >= 4 is 23.1 Å². The highest BCUT2D eigenvalue weighted by atomic mass is 16.5. The quantitative estimate of drug-likeness (QED) is 0.813. The maximum atomic E-state index is 11.9. The number of hydrogen-bond donors (Lipinski definition) is 3. The van der Waals surface area contributed by atoms with Crippen LogP contribution >= 0.6 is 0 Å². The van der Waals surface area contributed by atoms with Crippen molar-refractivity contribution in [2.24, 2.45) is 0 Å². The Balaban J connectivity index is 1.59. The van der Waals surface area contributed by atoms with Crippen LogP contribution in [0, 0.1) is 0 Å². The molecule has 2 amide bonds. The fraction of sp³-hybridized carbons (Fsp3) is 0.375. The number of hydrogen-bond acceptors (Lipinski definition) is 4. The lowest BCUT2D eigenvalue weighted by molar-refractivity contribution is -0.00521. The van der Waals surface area contributed by atoms with Crippen molar-refractivity contribution in [2.45, 2.75) is 26.1 Å². The molecule has 2 heterocycles. The van der Waals surface area contributed by atoms with Gasteiger partial charge in [-0.25, -0.2) is 4.79 Å². The van der Waals surface area contributed by atoms with Crippen LogP contribution in [0.2, 0.25) is 0 Å². The fourth-order valence-corrected chi connectivity index (χ4v) is 2.76. The third-order valence-corrected chi connectivity index (χ3v) is 3.67. The summed E-state index contributed by atoms with van der Waals surface area (Å²) in [4.78, 5) is 14.2. The van der Waals surface area contributed by atoms with E-state index in [1.165, 1.54) is 0 Å². The van der Waals surface area contributed by atoms with E-state index in [0.717, 1.165) is 24.5 Å². The molecule has 7 nitrogen and oxygen atoms in total. The van der Waals surface area contributed by atoms with E-state index in [-0.39, 0.29) is 18.2 Å². The van der Waals surface area contributed by atoms with Gasteiger partial charge in [0, 0.05) is 30.7 Å². The second-order valence-electron chi connectivity index (χ2n) is 5.78. The molecule has 1 aromatic heterocycles. The number of aromatic amines is 1. The molecule has 1 aliphatic rings. The van der Waals surface area contributed by atoms with Crippen LogP contribution in [0.15, 0.2) is 36.7 Å². The average Bonchev–Trinajstić information content (AvgIpc) is 2.99. The Morgan fingerprint density at radius 1 is 1.17 bits per heavy atom. The number of carbonyl (C=O) groups excluding carboxylic acids is 1. The normalized spacial score (nSPS) is 21.0. The molecule has 0 bridgehead atoms. The lowest BCUT2D eigenvalue weighted by atomic mass is 10.2. The Labute approximate surface area is 135 Å². The Bertz CT molecular complexity index is 631. The number of rotatable bonds is 3.